The van der Waals surface area contributed by atoms with Gasteiger partial charge in [0.1, 0.15) is 5.82 Å². The molecule has 1 aliphatic rings. The Hall–Kier alpha value is -1.09. The first kappa shape index (κ1) is 15.3. The molecule has 0 bridgehead atoms. The average molecular weight is 278 g/mol. The molecule has 1 aliphatic carbocycles. The van der Waals surface area contributed by atoms with Gasteiger partial charge in [-0.1, -0.05) is 31.9 Å². The molecule has 1 aromatic rings. The predicted octanol–water partition coefficient (Wildman–Crippen LogP) is 4.09. The van der Waals surface area contributed by atoms with Gasteiger partial charge in [-0.15, -0.1) is 0 Å². The van der Waals surface area contributed by atoms with E-state index in [1.54, 1.807) is 6.07 Å². The number of nitrogens with one attached hydrogen (secondary N) is 1. The van der Waals surface area contributed by atoms with Crippen LogP contribution in [0.3, 0.4) is 0 Å². The van der Waals surface area contributed by atoms with Crippen LogP contribution in [-0.4, -0.2) is 19.1 Å². The highest BCUT2D eigenvalue weighted by molar-refractivity contribution is 5.55. The highest BCUT2D eigenvalue weighted by atomic mass is 19.1. The Kier molecular flexibility index (Phi) is 5.84. The molecule has 0 unspecified atom stereocenters. The molecule has 0 atom stereocenters. The minimum atomic E-state index is -0.0745. The van der Waals surface area contributed by atoms with E-state index in [-0.39, 0.29) is 5.82 Å². The number of hydrogen-bond donors (Lipinski definition) is 1. The lowest BCUT2D eigenvalue weighted by atomic mass is 10.1. The van der Waals surface area contributed by atoms with Crippen LogP contribution in [0.5, 0.6) is 0 Å². The second kappa shape index (κ2) is 7.63. The number of para-hydroxylation sites is 1. The number of hydrogen-bond acceptors (Lipinski definition) is 2. The normalized spacial score (nSPS) is 15.8. The molecule has 1 fully saturated rings. The molecule has 2 rings (SSSR count). The largest absolute Gasteiger partial charge is 0.366 e. The monoisotopic (exact) mass is 278 g/mol. The van der Waals surface area contributed by atoms with Crippen LogP contribution < -0.4 is 10.2 Å². The lowest BCUT2D eigenvalue weighted by Gasteiger charge is -2.32. The molecule has 2 nitrogen and oxygen atoms in total. The van der Waals surface area contributed by atoms with Crippen molar-refractivity contribution in [3.63, 3.8) is 0 Å². The van der Waals surface area contributed by atoms with Gasteiger partial charge in [0, 0.05) is 19.1 Å². The van der Waals surface area contributed by atoms with Crippen molar-refractivity contribution in [3.05, 3.63) is 29.6 Å². The minimum absolute atomic E-state index is 0.0745. The van der Waals surface area contributed by atoms with Crippen LogP contribution in [0.4, 0.5) is 10.1 Å². The maximum atomic E-state index is 14.4. The smallest absolute Gasteiger partial charge is 0.146 e. The van der Waals surface area contributed by atoms with Gasteiger partial charge in [-0.2, -0.15) is 0 Å². The summed E-state index contributed by atoms with van der Waals surface area (Å²) in [5, 5.41) is 3.40. The maximum absolute atomic E-state index is 14.4. The third-order valence-electron chi connectivity index (χ3n) is 4.21. The summed E-state index contributed by atoms with van der Waals surface area (Å²) in [4.78, 5) is 2.28. The van der Waals surface area contributed by atoms with Gasteiger partial charge in [0.05, 0.1) is 5.69 Å². The zero-order valence-electron chi connectivity index (χ0n) is 12.8. The van der Waals surface area contributed by atoms with Crippen molar-refractivity contribution in [3.8, 4) is 0 Å². The summed E-state index contributed by atoms with van der Waals surface area (Å²) in [7, 11) is 0. The summed E-state index contributed by atoms with van der Waals surface area (Å²) in [6.45, 7) is 6.90. The first-order chi connectivity index (χ1) is 9.77. The quantitative estimate of drug-likeness (QED) is 0.756. The number of anilines is 1. The second-order valence-electron chi connectivity index (χ2n) is 5.65. The molecule has 0 heterocycles. The van der Waals surface area contributed by atoms with E-state index in [9.17, 15) is 4.39 Å². The SMILES string of the molecule is CCCNCc1cccc(F)c1N(CC)C1CCCC1. The molecular weight excluding hydrogens is 251 g/mol. The Labute approximate surface area is 122 Å². The molecule has 3 heteroatoms. The van der Waals surface area contributed by atoms with E-state index in [4.69, 9.17) is 0 Å². The summed E-state index contributed by atoms with van der Waals surface area (Å²) in [6, 6.07) is 5.99. The molecule has 0 saturated heterocycles. The van der Waals surface area contributed by atoms with Crippen LogP contribution in [0, 0.1) is 5.82 Å². The minimum Gasteiger partial charge on any atom is -0.366 e. The van der Waals surface area contributed by atoms with Crippen LogP contribution in [0.1, 0.15) is 51.5 Å². The second-order valence-corrected chi connectivity index (χ2v) is 5.65. The van der Waals surface area contributed by atoms with E-state index in [0.29, 0.717) is 6.04 Å². The maximum Gasteiger partial charge on any atom is 0.146 e. The van der Waals surface area contributed by atoms with E-state index < -0.39 is 0 Å². The molecule has 1 aromatic carbocycles. The lowest BCUT2D eigenvalue weighted by molar-refractivity contribution is 0.570. The molecule has 1 N–H and O–H groups in total. The number of halogens is 1. The first-order valence-electron chi connectivity index (χ1n) is 8.02. The van der Waals surface area contributed by atoms with Gasteiger partial charge in [-0.3, -0.25) is 0 Å². The van der Waals surface area contributed by atoms with E-state index in [2.05, 4.69) is 30.1 Å². The summed E-state index contributed by atoms with van der Waals surface area (Å²) >= 11 is 0. The van der Waals surface area contributed by atoms with Crippen molar-refractivity contribution < 1.29 is 4.39 Å². The van der Waals surface area contributed by atoms with Crippen molar-refractivity contribution in [2.24, 2.45) is 0 Å². The third kappa shape index (κ3) is 3.51. The Bertz CT molecular complexity index is 413. The van der Waals surface area contributed by atoms with Crippen molar-refractivity contribution in [1.82, 2.24) is 5.32 Å². The van der Waals surface area contributed by atoms with E-state index in [1.807, 2.05) is 6.07 Å². The first-order valence-corrected chi connectivity index (χ1v) is 8.02. The van der Waals surface area contributed by atoms with Gasteiger partial charge in [0.15, 0.2) is 0 Å². The molecule has 0 amide bonds. The summed E-state index contributed by atoms with van der Waals surface area (Å²) < 4.78 is 14.4. The molecule has 1 saturated carbocycles. The Morgan fingerprint density at radius 2 is 2.00 bits per heavy atom. The van der Waals surface area contributed by atoms with Crippen molar-refractivity contribution in [2.75, 3.05) is 18.0 Å². The van der Waals surface area contributed by atoms with Crippen molar-refractivity contribution in [2.45, 2.75) is 58.5 Å². The molecule has 0 aliphatic heterocycles. The van der Waals surface area contributed by atoms with Crippen LogP contribution in [0.2, 0.25) is 0 Å². The Morgan fingerprint density at radius 1 is 1.25 bits per heavy atom. The Balaban J connectivity index is 2.22. The lowest BCUT2D eigenvalue weighted by Crippen LogP contribution is -2.35. The fourth-order valence-corrected chi connectivity index (χ4v) is 3.24. The highest BCUT2D eigenvalue weighted by Crippen LogP contribution is 2.32. The Morgan fingerprint density at radius 3 is 2.65 bits per heavy atom. The predicted molar refractivity (Wildman–Crippen MR) is 83.7 cm³/mol. The summed E-state index contributed by atoms with van der Waals surface area (Å²) in [5.74, 6) is -0.0745. The standard InChI is InChI=1S/C17H27FN2/c1-3-12-19-13-14-8-7-11-16(18)17(14)20(4-2)15-9-5-6-10-15/h7-8,11,15,19H,3-6,9-10,12-13H2,1-2H3. The fraction of sp³-hybridized carbons (Fsp3) is 0.647. The van der Waals surface area contributed by atoms with Gasteiger partial charge in [-0.05, 0) is 44.4 Å². The zero-order valence-corrected chi connectivity index (χ0v) is 12.8. The zero-order chi connectivity index (χ0) is 14.4. The van der Waals surface area contributed by atoms with Crippen LogP contribution in [0.25, 0.3) is 0 Å². The van der Waals surface area contributed by atoms with Crippen LogP contribution in [-0.2, 0) is 6.54 Å². The molecule has 0 aromatic heterocycles. The number of nitrogens with zero attached hydrogens (tertiary/aromatic N) is 1. The topological polar surface area (TPSA) is 15.3 Å². The van der Waals surface area contributed by atoms with E-state index >= 15 is 0 Å². The fourth-order valence-electron chi connectivity index (χ4n) is 3.24. The summed E-state index contributed by atoms with van der Waals surface area (Å²) in [6.07, 6.45) is 6.05. The van der Waals surface area contributed by atoms with Crippen LogP contribution in [0.15, 0.2) is 18.2 Å². The van der Waals surface area contributed by atoms with E-state index in [1.165, 1.54) is 25.7 Å². The van der Waals surface area contributed by atoms with Crippen molar-refractivity contribution in [1.29, 1.82) is 0 Å². The third-order valence-corrected chi connectivity index (χ3v) is 4.21. The summed E-state index contributed by atoms with van der Waals surface area (Å²) in [5.41, 5.74) is 1.91. The number of benzene rings is 1. The highest BCUT2D eigenvalue weighted by Gasteiger charge is 2.25. The molecule has 0 radical (unpaired) electrons. The number of rotatable bonds is 7. The van der Waals surface area contributed by atoms with Gasteiger partial charge >= 0.3 is 0 Å². The molecular formula is C17H27FN2. The average Bonchev–Trinajstić information content (AvgIpc) is 2.96. The molecule has 0 spiro atoms. The van der Waals surface area contributed by atoms with Gasteiger partial charge < -0.3 is 10.2 Å². The van der Waals surface area contributed by atoms with Gasteiger partial charge in [0.2, 0.25) is 0 Å². The van der Waals surface area contributed by atoms with Gasteiger partial charge in [-0.25, -0.2) is 4.39 Å². The molecule has 20 heavy (non-hydrogen) atoms. The van der Waals surface area contributed by atoms with Crippen LogP contribution >= 0.6 is 0 Å². The van der Waals surface area contributed by atoms with Crippen molar-refractivity contribution >= 4 is 5.69 Å². The van der Waals surface area contributed by atoms with E-state index in [0.717, 1.165) is 37.3 Å². The molecule has 112 valence electrons. The van der Waals surface area contributed by atoms with Gasteiger partial charge in [0.25, 0.3) is 0 Å².